The molecule has 0 saturated heterocycles. The molecule has 0 aliphatic rings. The van der Waals surface area contributed by atoms with Crippen molar-refractivity contribution in [3.05, 3.63) is 45.6 Å². The van der Waals surface area contributed by atoms with E-state index in [2.05, 4.69) is 23.8 Å². The minimum Gasteiger partial charge on any atom is -0.497 e. The van der Waals surface area contributed by atoms with Crippen LogP contribution in [-0.2, 0) is 0 Å². The summed E-state index contributed by atoms with van der Waals surface area (Å²) < 4.78 is 10.6. The second kappa shape index (κ2) is 6.06. The van der Waals surface area contributed by atoms with E-state index in [0.717, 1.165) is 22.6 Å². The van der Waals surface area contributed by atoms with Crippen LogP contribution in [0.15, 0.2) is 29.6 Å². The molecule has 3 N–H and O–H groups in total. The number of ether oxygens (including phenoxy) is 2. The highest BCUT2D eigenvalue weighted by Crippen LogP contribution is 2.35. The number of nitrogens with two attached hydrogens (primary N) is 1. The summed E-state index contributed by atoms with van der Waals surface area (Å²) in [5, 5.41) is 2.06. The van der Waals surface area contributed by atoms with Crippen LogP contribution >= 0.6 is 11.3 Å². The molecule has 0 spiro atoms. The average molecular weight is 278 g/mol. The largest absolute Gasteiger partial charge is 0.497 e. The van der Waals surface area contributed by atoms with Gasteiger partial charge in [0.1, 0.15) is 11.5 Å². The van der Waals surface area contributed by atoms with Crippen molar-refractivity contribution in [2.24, 2.45) is 5.84 Å². The van der Waals surface area contributed by atoms with Gasteiger partial charge in [-0.1, -0.05) is 0 Å². The Morgan fingerprint density at radius 1 is 1.16 bits per heavy atom. The molecule has 0 bridgehead atoms. The fraction of sp³-hybridized carbons (Fsp3) is 0.286. The Kier molecular flexibility index (Phi) is 4.42. The average Bonchev–Trinajstić information content (AvgIpc) is 2.86. The SMILES string of the molecule is COc1ccc(C(NN)c2ccsc2C)c(OC)c1. The van der Waals surface area contributed by atoms with E-state index in [4.69, 9.17) is 15.3 Å². The molecule has 0 aliphatic heterocycles. The smallest absolute Gasteiger partial charge is 0.127 e. The van der Waals surface area contributed by atoms with Gasteiger partial charge < -0.3 is 9.47 Å². The first kappa shape index (κ1) is 13.9. The van der Waals surface area contributed by atoms with E-state index in [1.807, 2.05) is 18.2 Å². The van der Waals surface area contributed by atoms with Gasteiger partial charge in [0.15, 0.2) is 0 Å². The number of methoxy groups -OCH3 is 2. The van der Waals surface area contributed by atoms with Crippen LogP contribution in [-0.4, -0.2) is 14.2 Å². The molecule has 2 rings (SSSR count). The van der Waals surface area contributed by atoms with Crippen molar-refractivity contribution < 1.29 is 9.47 Å². The Labute approximate surface area is 117 Å². The summed E-state index contributed by atoms with van der Waals surface area (Å²) in [4.78, 5) is 1.24. The van der Waals surface area contributed by atoms with Crippen molar-refractivity contribution in [2.75, 3.05) is 14.2 Å². The molecule has 1 heterocycles. The quantitative estimate of drug-likeness (QED) is 0.652. The molecule has 2 aromatic rings. The summed E-state index contributed by atoms with van der Waals surface area (Å²) >= 11 is 1.70. The summed E-state index contributed by atoms with van der Waals surface area (Å²) in [6.45, 7) is 2.08. The fourth-order valence-electron chi connectivity index (χ4n) is 2.10. The molecule has 5 heteroatoms. The number of benzene rings is 1. The predicted molar refractivity (Wildman–Crippen MR) is 77.8 cm³/mol. The van der Waals surface area contributed by atoms with Crippen LogP contribution in [0.3, 0.4) is 0 Å². The topological polar surface area (TPSA) is 56.5 Å². The fourth-order valence-corrected chi connectivity index (χ4v) is 2.84. The third-order valence-electron chi connectivity index (χ3n) is 3.13. The van der Waals surface area contributed by atoms with Gasteiger partial charge in [-0.3, -0.25) is 5.84 Å². The van der Waals surface area contributed by atoms with Crippen LogP contribution in [0, 0.1) is 6.92 Å². The Hall–Kier alpha value is -1.56. The summed E-state index contributed by atoms with van der Waals surface area (Å²) in [7, 11) is 3.28. The first-order valence-corrected chi connectivity index (χ1v) is 6.81. The highest BCUT2D eigenvalue weighted by atomic mass is 32.1. The molecule has 1 aromatic carbocycles. The Morgan fingerprint density at radius 2 is 1.95 bits per heavy atom. The van der Waals surface area contributed by atoms with Gasteiger partial charge >= 0.3 is 0 Å². The maximum absolute atomic E-state index is 5.73. The predicted octanol–water partition coefficient (Wildman–Crippen LogP) is 2.63. The van der Waals surface area contributed by atoms with Crippen LogP contribution in [0.2, 0.25) is 0 Å². The highest BCUT2D eigenvalue weighted by molar-refractivity contribution is 7.10. The molecule has 102 valence electrons. The van der Waals surface area contributed by atoms with Gasteiger partial charge in [0, 0.05) is 16.5 Å². The zero-order chi connectivity index (χ0) is 13.8. The molecule has 0 amide bonds. The van der Waals surface area contributed by atoms with Crippen LogP contribution < -0.4 is 20.7 Å². The van der Waals surface area contributed by atoms with Gasteiger partial charge in [-0.2, -0.15) is 0 Å². The van der Waals surface area contributed by atoms with Gasteiger partial charge in [0.25, 0.3) is 0 Å². The Balaban J connectivity index is 2.46. The van der Waals surface area contributed by atoms with E-state index < -0.39 is 0 Å². The second-order valence-electron chi connectivity index (χ2n) is 4.14. The first-order valence-electron chi connectivity index (χ1n) is 5.93. The van der Waals surface area contributed by atoms with Crippen LogP contribution in [0.5, 0.6) is 11.5 Å². The summed E-state index contributed by atoms with van der Waals surface area (Å²) in [6.07, 6.45) is 0. The molecule has 19 heavy (non-hydrogen) atoms. The van der Waals surface area contributed by atoms with E-state index in [1.165, 1.54) is 4.88 Å². The number of aryl methyl sites for hydroxylation is 1. The van der Waals surface area contributed by atoms with Gasteiger partial charge in [-0.25, -0.2) is 5.43 Å². The lowest BCUT2D eigenvalue weighted by molar-refractivity contribution is 0.387. The lowest BCUT2D eigenvalue weighted by Gasteiger charge is -2.20. The summed E-state index contributed by atoms with van der Waals surface area (Å²) in [5.74, 6) is 7.25. The monoisotopic (exact) mass is 278 g/mol. The molecule has 1 aromatic heterocycles. The van der Waals surface area contributed by atoms with Crippen molar-refractivity contribution in [2.45, 2.75) is 13.0 Å². The van der Waals surface area contributed by atoms with Crippen LogP contribution in [0.4, 0.5) is 0 Å². The summed E-state index contributed by atoms with van der Waals surface area (Å²) in [6, 6.07) is 7.73. The number of rotatable bonds is 5. The van der Waals surface area contributed by atoms with Crippen molar-refractivity contribution in [1.82, 2.24) is 5.43 Å². The lowest BCUT2D eigenvalue weighted by atomic mass is 9.99. The molecule has 1 unspecified atom stereocenters. The van der Waals surface area contributed by atoms with Crippen molar-refractivity contribution in [3.63, 3.8) is 0 Å². The Bertz CT molecular complexity index is 554. The third kappa shape index (κ3) is 2.73. The number of nitrogens with one attached hydrogen (secondary N) is 1. The van der Waals surface area contributed by atoms with E-state index in [1.54, 1.807) is 25.6 Å². The second-order valence-corrected chi connectivity index (χ2v) is 5.26. The summed E-state index contributed by atoms with van der Waals surface area (Å²) in [5.41, 5.74) is 5.02. The van der Waals surface area contributed by atoms with E-state index in [9.17, 15) is 0 Å². The molecular formula is C14H18N2O2S. The molecule has 0 fully saturated rings. The van der Waals surface area contributed by atoms with Crippen LogP contribution in [0.25, 0.3) is 0 Å². The number of hydrogen-bond acceptors (Lipinski definition) is 5. The normalized spacial score (nSPS) is 12.2. The van der Waals surface area contributed by atoms with E-state index >= 15 is 0 Å². The minimum absolute atomic E-state index is 0.0906. The van der Waals surface area contributed by atoms with Gasteiger partial charge in [-0.05, 0) is 36.1 Å². The molecule has 1 atom stereocenters. The van der Waals surface area contributed by atoms with E-state index in [0.29, 0.717) is 0 Å². The third-order valence-corrected chi connectivity index (χ3v) is 3.99. The molecule has 0 aliphatic carbocycles. The highest BCUT2D eigenvalue weighted by Gasteiger charge is 2.19. The Morgan fingerprint density at radius 3 is 2.47 bits per heavy atom. The molecule has 0 saturated carbocycles. The minimum atomic E-state index is -0.0906. The molecular weight excluding hydrogens is 260 g/mol. The first-order chi connectivity index (χ1) is 9.21. The zero-order valence-corrected chi connectivity index (χ0v) is 12.1. The van der Waals surface area contributed by atoms with Gasteiger partial charge in [0.05, 0.1) is 20.3 Å². The molecule has 0 radical (unpaired) electrons. The number of hydrazine groups is 1. The molecule has 4 nitrogen and oxygen atoms in total. The standard InChI is InChI=1S/C14H18N2O2S/c1-9-11(6-7-19-9)14(16-15)12-5-4-10(17-2)8-13(12)18-3/h4-8,14,16H,15H2,1-3H3. The van der Waals surface area contributed by atoms with Crippen molar-refractivity contribution in [3.8, 4) is 11.5 Å². The maximum Gasteiger partial charge on any atom is 0.127 e. The number of thiophene rings is 1. The van der Waals surface area contributed by atoms with Crippen molar-refractivity contribution in [1.29, 1.82) is 0 Å². The van der Waals surface area contributed by atoms with E-state index in [-0.39, 0.29) is 6.04 Å². The van der Waals surface area contributed by atoms with Gasteiger partial charge in [-0.15, -0.1) is 11.3 Å². The van der Waals surface area contributed by atoms with Gasteiger partial charge in [0.2, 0.25) is 0 Å². The maximum atomic E-state index is 5.73. The lowest BCUT2D eigenvalue weighted by Crippen LogP contribution is -2.29. The van der Waals surface area contributed by atoms with Crippen LogP contribution in [0.1, 0.15) is 22.0 Å². The zero-order valence-electron chi connectivity index (χ0n) is 11.3. The number of hydrogen-bond donors (Lipinski definition) is 2. The van der Waals surface area contributed by atoms with Crippen molar-refractivity contribution >= 4 is 11.3 Å².